The van der Waals surface area contributed by atoms with Gasteiger partial charge in [-0.05, 0) is 42.9 Å². The lowest BCUT2D eigenvalue weighted by Gasteiger charge is -2.35. The van der Waals surface area contributed by atoms with E-state index in [4.69, 9.17) is 11.6 Å². The fraction of sp³-hybridized carbons (Fsp3) is 0.562. The summed E-state index contributed by atoms with van der Waals surface area (Å²) in [4.78, 5) is 12.3. The van der Waals surface area contributed by atoms with Gasteiger partial charge >= 0.3 is 0 Å². The number of hydrogen-bond donors (Lipinski definition) is 2. The lowest BCUT2D eigenvalue weighted by atomic mass is 9.78. The van der Waals surface area contributed by atoms with Crippen LogP contribution in [-0.4, -0.2) is 17.1 Å². The molecule has 1 aliphatic rings. The van der Waals surface area contributed by atoms with Gasteiger partial charge in [-0.1, -0.05) is 38.3 Å². The second kappa shape index (κ2) is 6.49. The van der Waals surface area contributed by atoms with Gasteiger partial charge in [-0.25, -0.2) is 0 Å². The van der Waals surface area contributed by atoms with E-state index in [1.165, 1.54) is 18.6 Å². The van der Waals surface area contributed by atoms with Gasteiger partial charge in [0.05, 0.1) is 10.6 Å². The van der Waals surface area contributed by atoms with E-state index in [0.29, 0.717) is 22.4 Å². The van der Waals surface area contributed by atoms with Gasteiger partial charge in [-0.3, -0.25) is 4.79 Å². The predicted octanol–water partition coefficient (Wildman–Crippen LogP) is 3.99. The van der Waals surface area contributed by atoms with Crippen LogP contribution in [0.15, 0.2) is 18.2 Å². The van der Waals surface area contributed by atoms with E-state index >= 15 is 0 Å². The van der Waals surface area contributed by atoms with Crippen LogP contribution in [0.1, 0.15) is 49.9 Å². The van der Waals surface area contributed by atoms with Crippen molar-refractivity contribution in [3.05, 3.63) is 28.8 Å². The molecule has 1 aromatic rings. The minimum absolute atomic E-state index is 0.0589. The molecule has 0 bridgehead atoms. The molecular formula is C16H22ClNO2. The summed E-state index contributed by atoms with van der Waals surface area (Å²) in [6.07, 6.45) is 4.57. The molecular weight excluding hydrogens is 274 g/mol. The Bertz CT molecular complexity index is 487. The minimum atomic E-state index is -0.191. The third kappa shape index (κ3) is 3.45. The largest absolute Gasteiger partial charge is 0.508 e. The molecule has 0 aliphatic heterocycles. The molecule has 4 heteroatoms. The number of carbonyl (C=O) groups excluding carboxylic acids is 1. The molecule has 20 heavy (non-hydrogen) atoms. The van der Waals surface area contributed by atoms with Gasteiger partial charge in [0.1, 0.15) is 5.75 Å². The number of aromatic hydroxyl groups is 1. The van der Waals surface area contributed by atoms with Gasteiger partial charge in [0.15, 0.2) is 0 Å². The van der Waals surface area contributed by atoms with E-state index in [1.54, 1.807) is 6.07 Å². The van der Waals surface area contributed by atoms with Gasteiger partial charge in [0.2, 0.25) is 0 Å². The standard InChI is InChI=1S/C16H22ClNO2/c1-10(2)12-5-3-4-6-15(12)18-16(20)13-9-11(19)7-8-14(13)17/h7-10,12,15,19H,3-6H2,1-2H3,(H,18,20). The monoisotopic (exact) mass is 295 g/mol. The van der Waals surface area contributed by atoms with Crippen LogP contribution in [0.3, 0.4) is 0 Å². The number of phenolic OH excluding ortho intramolecular Hbond substituents is 1. The molecule has 1 amide bonds. The number of rotatable bonds is 3. The Morgan fingerprint density at radius 3 is 2.75 bits per heavy atom. The summed E-state index contributed by atoms with van der Waals surface area (Å²) in [5.74, 6) is 0.941. The second-order valence-corrected chi connectivity index (χ2v) is 6.34. The van der Waals surface area contributed by atoms with E-state index in [-0.39, 0.29) is 17.7 Å². The minimum Gasteiger partial charge on any atom is -0.508 e. The van der Waals surface area contributed by atoms with Gasteiger partial charge in [0.25, 0.3) is 5.91 Å². The van der Waals surface area contributed by atoms with Crippen molar-refractivity contribution < 1.29 is 9.90 Å². The van der Waals surface area contributed by atoms with Gasteiger partial charge in [-0.15, -0.1) is 0 Å². The molecule has 0 radical (unpaired) electrons. The highest BCUT2D eigenvalue weighted by Gasteiger charge is 2.29. The third-order valence-electron chi connectivity index (χ3n) is 4.19. The molecule has 2 N–H and O–H groups in total. The zero-order valence-corrected chi connectivity index (χ0v) is 12.8. The van der Waals surface area contributed by atoms with Gasteiger partial charge in [0, 0.05) is 6.04 Å². The molecule has 1 fully saturated rings. The van der Waals surface area contributed by atoms with Crippen molar-refractivity contribution in [1.29, 1.82) is 0 Å². The maximum atomic E-state index is 12.3. The highest BCUT2D eigenvalue weighted by molar-refractivity contribution is 6.33. The van der Waals surface area contributed by atoms with Crippen molar-refractivity contribution in [2.45, 2.75) is 45.6 Å². The lowest BCUT2D eigenvalue weighted by Crippen LogP contribution is -2.44. The second-order valence-electron chi connectivity index (χ2n) is 5.94. The first-order chi connectivity index (χ1) is 9.49. The molecule has 1 aliphatic carbocycles. The van der Waals surface area contributed by atoms with Crippen LogP contribution in [-0.2, 0) is 0 Å². The number of amides is 1. The van der Waals surface area contributed by atoms with E-state index in [9.17, 15) is 9.90 Å². The summed E-state index contributed by atoms with van der Waals surface area (Å²) in [6.45, 7) is 4.41. The van der Waals surface area contributed by atoms with Crippen molar-refractivity contribution in [3.63, 3.8) is 0 Å². The van der Waals surface area contributed by atoms with Crippen molar-refractivity contribution in [1.82, 2.24) is 5.32 Å². The van der Waals surface area contributed by atoms with Crippen molar-refractivity contribution >= 4 is 17.5 Å². The van der Waals surface area contributed by atoms with E-state index in [2.05, 4.69) is 19.2 Å². The Balaban J connectivity index is 2.11. The van der Waals surface area contributed by atoms with Crippen LogP contribution in [0.2, 0.25) is 5.02 Å². The molecule has 0 heterocycles. The maximum absolute atomic E-state index is 12.3. The fourth-order valence-corrected chi connectivity index (χ4v) is 3.27. The topological polar surface area (TPSA) is 49.3 Å². The Morgan fingerprint density at radius 2 is 2.05 bits per heavy atom. The highest BCUT2D eigenvalue weighted by Crippen LogP contribution is 2.31. The van der Waals surface area contributed by atoms with Gasteiger partial charge < -0.3 is 10.4 Å². The van der Waals surface area contributed by atoms with Crippen LogP contribution in [0.25, 0.3) is 0 Å². The first-order valence-corrected chi connectivity index (χ1v) is 7.66. The number of phenols is 1. The molecule has 2 unspecified atom stereocenters. The first-order valence-electron chi connectivity index (χ1n) is 7.28. The average Bonchev–Trinajstić information content (AvgIpc) is 2.41. The molecule has 3 nitrogen and oxygen atoms in total. The molecule has 0 saturated heterocycles. The van der Waals surface area contributed by atoms with Crippen LogP contribution >= 0.6 is 11.6 Å². The molecule has 1 aromatic carbocycles. The number of halogens is 1. The lowest BCUT2D eigenvalue weighted by molar-refractivity contribution is 0.0889. The molecule has 0 spiro atoms. The Labute approximate surface area is 125 Å². The number of hydrogen-bond acceptors (Lipinski definition) is 2. The van der Waals surface area contributed by atoms with Crippen LogP contribution in [0.5, 0.6) is 5.75 Å². The summed E-state index contributed by atoms with van der Waals surface area (Å²) in [5, 5.41) is 13.0. The fourth-order valence-electron chi connectivity index (χ4n) is 3.07. The van der Waals surface area contributed by atoms with Crippen LogP contribution < -0.4 is 5.32 Å². The molecule has 1 saturated carbocycles. The third-order valence-corrected chi connectivity index (χ3v) is 4.52. The molecule has 0 aromatic heterocycles. The quantitative estimate of drug-likeness (QED) is 0.886. The van der Waals surface area contributed by atoms with Crippen molar-refractivity contribution in [2.75, 3.05) is 0 Å². The highest BCUT2D eigenvalue weighted by atomic mass is 35.5. The van der Waals surface area contributed by atoms with Crippen molar-refractivity contribution in [2.24, 2.45) is 11.8 Å². The SMILES string of the molecule is CC(C)C1CCCCC1NC(=O)c1cc(O)ccc1Cl. The molecule has 110 valence electrons. The van der Waals surface area contributed by atoms with Crippen LogP contribution in [0.4, 0.5) is 0 Å². The van der Waals surface area contributed by atoms with Crippen molar-refractivity contribution in [3.8, 4) is 5.75 Å². The molecule has 2 rings (SSSR count). The Morgan fingerprint density at radius 1 is 1.35 bits per heavy atom. The number of carbonyl (C=O) groups is 1. The smallest absolute Gasteiger partial charge is 0.253 e. The molecule has 2 atom stereocenters. The van der Waals surface area contributed by atoms with Crippen LogP contribution in [0, 0.1) is 11.8 Å². The first kappa shape index (κ1) is 15.2. The zero-order valence-electron chi connectivity index (χ0n) is 12.0. The predicted molar refractivity (Wildman–Crippen MR) is 81.2 cm³/mol. The zero-order chi connectivity index (χ0) is 14.7. The summed E-state index contributed by atoms with van der Waals surface area (Å²) in [6, 6.07) is 4.66. The van der Waals surface area contributed by atoms with E-state index < -0.39 is 0 Å². The maximum Gasteiger partial charge on any atom is 0.253 e. The summed E-state index contributed by atoms with van der Waals surface area (Å²) >= 11 is 6.04. The Kier molecular flexibility index (Phi) is 4.92. The van der Waals surface area contributed by atoms with E-state index in [0.717, 1.165) is 19.3 Å². The average molecular weight is 296 g/mol. The summed E-state index contributed by atoms with van der Waals surface area (Å²) in [5.41, 5.74) is 0.347. The Hall–Kier alpha value is -1.22. The summed E-state index contributed by atoms with van der Waals surface area (Å²) in [7, 11) is 0. The normalized spacial score (nSPS) is 22.8. The number of nitrogens with one attached hydrogen (secondary N) is 1. The summed E-state index contributed by atoms with van der Waals surface area (Å²) < 4.78 is 0. The van der Waals surface area contributed by atoms with E-state index in [1.807, 2.05) is 0 Å². The van der Waals surface area contributed by atoms with Gasteiger partial charge in [-0.2, -0.15) is 0 Å². The number of benzene rings is 1.